The number of benzene rings is 1. The number of aromatic nitrogens is 2. The first-order chi connectivity index (χ1) is 5.27. The van der Waals surface area contributed by atoms with Crippen LogP contribution in [0.1, 0.15) is 0 Å². The van der Waals surface area contributed by atoms with Crippen molar-refractivity contribution in [3.05, 3.63) is 24.4 Å². The first-order valence-corrected chi connectivity index (χ1v) is 3.50. The number of rotatable bonds is 0. The number of nitrogen functional groups attached to an aromatic ring is 1. The fourth-order valence-corrected chi connectivity index (χ4v) is 1.24. The Bertz CT molecular complexity index is 389. The Morgan fingerprint density at radius 3 is 3.00 bits per heavy atom. The summed E-state index contributed by atoms with van der Waals surface area (Å²) in [5, 5.41) is 4.26. The summed E-state index contributed by atoms with van der Waals surface area (Å²) in [5.74, 6) is 0. The highest BCUT2D eigenvalue weighted by atomic mass is 15.2. The molecule has 1 heterocycles. The van der Waals surface area contributed by atoms with Crippen molar-refractivity contribution in [1.82, 2.24) is 5.10 Å². The second-order valence-corrected chi connectivity index (χ2v) is 2.66. The van der Waals surface area contributed by atoms with E-state index in [2.05, 4.69) is 5.10 Å². The lowest BCUT2D eigenvalue weighted by atomic mass is 10.2. The van der Waals surface area contributed by atoms with Gasteiger partial charge < -0.3 is 5.73 Å². The smallest absolute Gasteiger partial charge is 0.203 e. The molecule has 0 atom stereocenters. The van der Waals surface area contributed by atoms with Crippen molar-refractivity contribution in [3.63, 3.8) is 0 Å². The first-order valence-electron chi connectivity index (χ1n) is 3.50. The summed E-state index contributed by atoms with van der Waals surface area (Å²) < 4.78 is 1.89. The molecule has 0 bridgehead atoms. The number of hydrogen-bond acceptors (Lipinski definition) is 1. The SMILES string of the molecule is C[n+]1cc2cccc(N)c2[nH]1. The standard InChI is InChI=1S/C8H9N3/c1-11-5-6-3-2-4-7(9)8(6)10-11/h2-5H,9H2,1H3/p+1. The highest BCUT2D eigenvalue weighted by molar-refractivity contribution is 5.87. The van der Waals surface area contributed by atoms with Crippen molar-refractivity contribution in [2.75, 3.05) is 5.73 Å². The molecule has 0 spiro atoms. The van der Waals surface area contributed by atoms with Crippen molar-refractivity contribution >= 4 is 16.6 Å². The lowest BCUT2D eigenvalue weighted by Crippen LogP contribution is -2.28. The Labute approximate surface area is 64.4 Å². The topological polar surface area (TPSA) is 45.7 Å². The van der Waals surface area contributed by atoms with Crippen LogP contribution in [0.25, 0.3) is 10.9 Å². The van der Waals surface area contributed by atoms with E-state index in [0.29, 0.717) is 0 Å². The quantitative estimate of drug-likeness (QED) is 0.416. The van der Waals surface area contributed by atoms with Gasteiger partial charge in [-0.1, -0.05) is 6.07 Å². The molecule has 0 aliphatic carbocycles. The van der Waals surface area contributed by atoms with E-state index in [1.54, 1.807) is 0 Å². The summed E-state index contributed by atoms with van der Waals surface area (Å²) in [7, 11) is 1.94. The Balaban J connectivity index is 2.90. The summed E-state index contributed by atoms with van der Waals surface area (Å²) in [6.07, 6.45) is 2.01. The molecule has 0 fully saturated rings. The minimum absolute atomic E-state index is 0.795. The maximum atomic E-state index is 5.72. The number of hydrogen-bond donors (Lipinski definition) is 2. The predicted molar refractivity (Wildman–Crippen MR) is 43.9 cm³/mol. The summed E-state index contributed by atoms with van der Waals surface area (Å²) in [6.45, 7) is 0. The number of fused-ring (bicyclic) bond motifs is 1. The number of nitrogens with two attached hydrogens (primary N) is 1. The molecule has 3 N–H and O–H groups in total. The number of anilines is 1. The monoisotopic (exact) mass is 148 g/mol. The number of nitrogens with zero attached hydrogens (tertiary/aromatic N) is 1. The third-order valence-electron chi connectivity index (χ3n) is 1.75. The van der Waals surface area contributed by atoms with Gasteiger partial charge >= 0.3 is 0 Å². The molecule has 2 aromatic rings. The first kappa shape index (κ1) is 6.22. The number of para-hydroxylation sites is 1. The van der Waals surface area contributed by atoms with E-state index >= 15 is 0 Å². The zero-order valence-corrected chi connectivity index (χ0v) is 6.33. The van der Waals surface area contributed by atoms with E-state index in [9.17, 15) is 0 Å². The van der Waals surface area contributed by atoms with E-state index in [4.69, 9.17) is 5.73 Å². The molecular formula is C8H10N3+. The Hall–Kier alpha value is -1.51. The summed E-state index contributed by atoms with van der Waals surface area (Å²) in [5.41, 5.74) is 7.53. The third kappa shape index (κ3) is 0.852. The number of H-pyrrole nitrogens is 1. The number of aromatic amines is 1. The fraction of sp³-hybridized carbons (Fsp3) is 0.125. The normalized spacial score (nSPS) is 10.6. The van der Waals surface area contributed by atoms with Crippen molar-refractivity contribution < 1.29 is 4.68 Å². The number of nitrogens with one attached hydrogen (secondary N) is 1. The van der Waals surface area contributed by atoms with Gasteiger partial charge in [0.25, 0.3) is 0 Å². The van der Waals surface area contributed by atoms with Crippen LogP contribution in [-0.2, 0) is 7.05 Å². The van der Waals surface area contributed by atoms with Gasteiger partial charge in [0.15, 0.2) is 7.05 Å². The molecule has 1 aromatic heterocycles. The van der Waals surface area contributed by atoms with Crippen molar-refractivity contribution in [3.8, 4) is 0 Å². The van der Waals surface area contributed by atoms with Gasteiger partial charge in [-0.3, -0.25) is 0 Å². The van der Waals surface area contributed by atoms with Gasteiger partial charge in [0, 0.05) is 0 Å². The maximum Gasteiger partial charge on any atom is 0.203 e. The average molecular weight is 148 g/mol. The molecule has 0 saturated heterocycles. The second-order valence-electron chi connectivity index (χ2n) is 2.66. The third-order valence-corrected chi connectivity index (χ3v) is 1.75. The van der Waals surface area contributed by atoms with Crippen LogP contribution in [-0.4, -0.2) is 5.10 Å². The van der Waals surface area contributed by atoms with Crippen molar-refractivity contribution in [2.24, 2.45) is 7.05 Å². The molecule has 0 amide bonds. The number of aryl methyl sites for hydroxylation is 1. The molecule has 0 aliphatic heterocycles. The maximum absolute atomic E-state index is 5.72. The van der Waals surface area contributed by atoms with E-state index < -0.39 is 0 Å². The Kier molecular flexibility index (Phi) is 1.12. The summed E-state index contributed by atoms with van der Waals surface area (Å²) >= 11 is 0. The van der Waals surface area contributed by atoms with Gasteiger partial charge in [-0.2, -0.15) is 5.10 Å². The van der Waals surface area contributed by atoms with Crippen LogP contribution < -0.4 is 10.4 Å². The molecule has 1 aromatic carbocycles. The molecule has 0 saturated carbocycles. The predicted octanol–water partition coefficient (Wildman–Crippen LogP) is 0.575. The van der Waals surface area contributed by atoms with Crippen LogP contribution in [0.4, 0.5) is 5.69 Å². The van der Waals surface area contributed by atoms with Gasteiger partial charge in [-0.05, 0) is 12.1 Å². The van der Waals surface area contributed by atoms with Crippen LogP contribution in [0.3, 0.4) is 0 Å². The van der Waals surface area contributed by atoms with Crippen LogP contribution in [0.5, 0.6) is 0 Å². The minimum Gasteiger partial charge on any atom is -0.397 e. The van der Waals surface area contributed by atoms with Crippen LogP contribution in [0, 0.1) is 0 Å². The summed E-state index contributed by atoms with van der Waals surface area (Å²) in [4.78, 5) is 0. The van der Waals surface area contributed by atoms with Gasteiger partial charge in [0.2, 0.25) is 6.20 Å². The van der Waals surface area contributed by atoms with Gasteiger partial charge in [-0.25, -0.2) is 0 Å². The molecular weight excluding hydrogens is 138 g/mol. The highest BCUT2D eigenvalue weighted by Gasteiger charge is 2.04. The molecule has 0 aliphatic rings. The average Bonchev–Trinajstić information content (AvgIpc) is 2.31. The largest absolute Gasteiger partial charge is 0.397 e. The lowest BCUT2D eigenvalue weighted by molar-refractivity contribution is -0.724. The van der Waals surface area contributed by atoms with Crippen LogP contribution in [0.2, 0.25) is 0 Å². The van der Waals surface area contributed by atoms with E-state index in [0.717, 1.165) is 16.6 Å². The van der Waals surface area contributed by atoms with E-state index in [1.165, 1.54) is 0 Å². The molecule has 56 valence electrons. The van der Waals surface area contributed by atoms with Crippen molar-refractivity contribution in [1.29, 1.82) is 0 Å². The summed E-state index contributed by atoms with van der Waals surface area (Å²) in [6, 6.07) is 5.87. The van der Waals surface area contributed by atoms with Crippen LogP contribution in [0.15, 0.2) is 24.4 Å². The van der Waals surface area contributed by atoms with Crippen LogP contribution >= 0.6 is 0 Å². The highest BCUT2D eigenvalue weighted by Crippen LogP contribution is 2.15. The zero-order valence-electron chi connectivity index (χ0n) is 6.33. The van der Waals surface area contributed by atoms with Gasteiger partial charge in [0.1, 0.15) is 5.52 Å². The molecule has 3 heteroatoms. The fourth-order valence-electron chi connectivity index (χ4n) is 1.24. The van der Waals surface area contributed by atoms with Gasteiger partial charge in [0.05, 0.1) is 11.1 Å². The molecule has 0 radical (unpaired) electrons. The minimum atomic E-state index is 0.795. The molecule has 0 unspecified atom stereocenters. The lowest BCUT2D eigenvalue weighted by Gasteiger charge is -1.89. The van der Waals surface area contributed by atoms with E-state index in [1.807, 2.05) is 36.1 Å². The Morgan fingerprint density at radius 2 is 2.27 bits per heavy atom. The zero-order chi connectivity index (χ0) is 7.84. The van der Waals surface area contributed by atoms with Gasteiger partial charge in [-0.15, -0.1) is 4.68 Å². The molecule has 2 rings (SSSR count). The van der Waals surface area contributed by atoms with E-state index in [-0.39, 0.29) is 0 Å². The Morgan fingerprint density at radius 1 is 1.45 bits per heavy atom. The molecule has 3 nitrogen and oxygen atoms in total. The molecule has 11 heavy (non-hydrogen) atoms. The second kappa shape index (κ2) is 1.99. The van der Waals surface area contributed by atoms with Crippen molar-refractivity contribution in [2.45, 2.75) is 0 Å².